The van der Waals surface area contributed by atoms with E-state index in [1.54, 1.807) is 12.3 Å². The van der Waals surface area contributed by atoms with Gasteiger partial charge in [-0.2, -0.15) is 8.78 Å². The number of ether oxygens (including phenoxy) is 1. The van der Waals surface area contributed by atoms with E-state index in [1.807, 2.05) is 19.1 Å². The molecule has 0 saturated carbocycles. The summed E-state index contributed by atoms with van der Waals surface area (Å²) in [4.78, 5) is 0. The second-order valence-electron chi connectivity index (χ2n) is 4.70. The molecule has 21 heavy (non-hydrogen) atoms. The monoisotopic (exact) mass is 315 g/mol. The molecule has 0 fully saturated rings. The predicted molar refractivity (Wildman–Crippen MR) is 76.8 cm³/mol. The van der Waals surface area contributed by atoms with E-state index in [0.717, 1.165) is 5.76 Å². The molecule has 1 unspecified atom stereocenters. The first-order valence-electron chi connectivity index (χ1n) is 6.53. The fraction of sp³-hybridized carbons (Fsp3) is 0.333. The van der Waals surface area contributed by atoms with Crippen LogP contribution < -0.4 is 10.1 Å². The Morgan fingerprint density at radius 2 is 2.14 bits per heavy atom. The van der Waals surface area contributed by atoms with Gasteiger partial charge in [0.05, 0.1) is 6.26 Å². The van der Waals surface area contributed by atoms with E-state index in [0.29, 0.717) is 23.6 Å². The van der Waals surface area contributed by atoms with Crippen molar-refractivity contribution in [1.82, 2.24) is 5.32 Å². The zero-order valence-corrected chi connectivity index (χ0v) is 12.2. The van der Waals surface area contributed by atoms with Gasteiger partial charge in [0.15, 0.2) is 0 Å². The molecule has 0 saturated heterocycles. The van der Waals surface area contributed by atoms with Gasteiger partial charge in [-0.25, -0.2) is 0 Å². The maximum absolute atomic E-state index is 12.4. The number of hydrogen-bond donors (Lipinski definition) is 1. The first-order chi connectivity index (χ1) is 10.0. The molecule has 0 radical (unpaired) electrons. The van der Waals surface area contributed by atoms with Crippen LogP contribution in [0, 0.1) is 0 Å². The summed E-state index contributed by atoms with van der Waals surface area (Å²) < 4.78 is 34.5. The van der Waals surface area contributed by atoms with Crippen molar-refractivity contribution in [3.8, 4) is 5.75 Å². The zero-order chi connectivity index (χ0) is 15.2. The second-order valence-corrected chi connectivity index (χ2v) is 5.13. The van der Waals surface area contributed by atoms with Crippen molar-refractivity contribution >= 4 is 11.6 Å². The molecule has 1 N–H and O–H groups in total. The van der Waals surface area contributed by atoms with E-state index in [9.17, 15) is 8.78 Å². The number of hydrogen-bond acceptors (Lipinski definition) is 3. The Morgan fingerprint density at radius 3 is 2.81 bits per heavy atom. The van der Waals surface area contributed by atoms with E-state index in [4.69, 9.17) is 16.0 Å². The molecule has 0 aliphatic heterocycles. The lowest BCUT2D eigenvalue weighted by molar-refractivity contribution is -0.0505. The quantitative estimate of drug-likeness (QED) is 0.829. The number of alkyl halides is 2. The molecule has 1 aromatic carbocycles. The van der Waals surface area contributed by atoms with Gasteiger partial charge in [0, 0.05) is 29.6 Å². The Hall–Kier alpha value is -1.59. The standard InChI is InChI=1S/C15H16ClF2NO2/c1-10(7-13-3-2-6-20-13)19-9-11-8-12(16)4-5-14(11)21-15(17)18/h2-6,8,10,15,19H,7,9H2,1H3. The van der Waals surface area contributed by atoms with Gasteiger partial charge in [-0.05, 0) is 37.3 Å². The van der Waals surface area contributed by atoms with Crippen LogP contribution in [0.5, 0.6) is 5.75 Å². The molecule has 2 rings (SSSR count). The summed E-state index contributed by atoms with van der Waals surface area (Å²) in [5.74, 6) is 0.997. The lowest BCUT2D eigenvalue weighted by Gasteiger charge is -2.15. The number of nitrogens with one attached hydrogen (secondary N) is 1. The van der Waals surface area contributed by atoms with Crippen LogP contribution in [0.15, 0.2) is 41.0 Å². The first-order valence-corrected chi connectivity index (χ1v) is 6.91. The van der Waals surface area contributed by atoms with E-state index in [-0.39, 0.29) is 11.8 Å². The minimum atomic E-state index is -2.86. The number of furan rings is 1. The SMILES string of the molecule is CC(Cc1ccco1)NCc1cc(Cl)ccc1OC(F)F. The normalized spacial score (nSPS) is 12.6. The number of benzene rings is 1. The molecule has 1 heterocycles. The molecule has 0 aliphatic carbocycles. The molecular weight excluding hydrogens is 300 g/mol. The van der Waals surface area contributed by atoms with Crippen molar-refractivity contribution in [2.24, 2.45) is 0 Å². The summed E-state index contributed by atoms with van der Waals surface area (Å²) in [6, 6.07) is 8.43. The molecule has 3 nitrogen and oxygen atoms in total. The molecule has 0 aliphatic rings. The maximum Gasteiger partial charge on any atom is 0.387 e. The van der Waals surface area contributed by atoms with Gasteiger partial charge in [-0.15, -0.1) is 0 Å². The topological polar surface area (TPSA) is 34.4 Å². The Kier molecular flexibility index (Phi) is 5.59. The Morgan fingerprint density at radius 1 is 1.33 bits per heavy atom. The van der Waals surface area contributed by atoms with E-state index >= 15 is 0 Å². The molecule has 6 heteroatoms. The van der Waals surface area contributed by atoms with Crippen molar-refractivity contribution < 1.29 is 17.9 Å². The van der Waals surface area contributed by atoms with Crippen LogP contribution >= 0.6 is 11.6 Å². The lowest BCUT2D eigenvalue weighted by Crippen LogP contribution is -2.27. The highest BCUT2D eigenvalue weighted by molar-refractivity contribution is 6.30. The van der Waals surface area contributed by atoms with Crippen molar-refractivity contribution in [3.05, 3.63) is 52.9 Å². The largest absolute Gasteiger partial charge is 0.469 e. The molecule has 1 aromatic heterocycles. The highest BCUT2D eigenvalue weighted by Crippen LogP contribution is 2.24. The van der Waals surface area contributed by atoms with E-state index < -0.39 is 6.61 Å². The van der Waals surface area contributed by atoms with Crippen LogP contribution in [0.2, 0.25) is 5.02 Å². The number of halogens is 3. The first kappa shape index (κ1) is 15.8. The predicted octanol–water partition coefficient (Wildman–Crippen LogP) is 4.26. The van der Waals surface area contributed by atoms with Gasteiger partial charge < -0.3 is 14.5 Å². The van der Waals surface area contributed by atoms with Crippen LogP contribution in [-0.4, -0.2) is 12.7 Å². The Balaban J connectivity index is 1.96. The summed E-state index contributed by atoms with van der Waals surface area (Å²) in [7, 11) is 0. The average Bonchev–Trinajstić information content (AvgIpc) is 2.91. The minimum absolute atomic E-state index is 0.120. The molecule has 0 spiro atoms. The molecule has 0 amide bonds. The van der Waals surface area contributed by atoms with Gasteiger partial charge in [-0.3, -0.25) is 0 Å². The lowest BCUT2D eigenvalue weighted by atomic mass is 10.1. The summed E-state index contributed by atoms with van der Waals surface area (Å²) in [5.41, 5.74) is 0.592. The summed E-state index contributed by atoms with van der Waals surface area (Å²) >= 11 is 5.90. The third-order valence-electron chi connectivity index (χ3n) is 2.97. The van der Waals surface area contributed by atoms with E-state index in [1.165, 1.54) is 12.1 Å². The molecule has 0 bridgehead atoms. The number of rotatable bonds is 7. The van der Waals surface area contributed by atoms with Crippen molar-refractivity contribution in [1.29, 1.82) is 0 Å². The fourth-order valence-electron chi connectivity index (χ4n) is 1.98. The van der Waals surface area contributed by atoms with Crippen LogP contribution in [0.3, 0.4) is 0 Å². The minimum Gasteiger partial charge on any atom is -0.469 e. The Labute approximate surface area is 126 Å². The highest BCUT2D eigenvalue weighted by atomic mass is 35.5. The van der Waals surface area contributed by atoms with Crippen LogP contribution in [0.4, 0.5) is 8.78 Å². The summed E-state index contributed by atoms with van der Waals surface area (Å²) in [6.45, 7) is -0.490. The maximum atomic E-state index is 12.4. The fourth-order valence-corrected chi connectivity index (χ4v) is 2.18. The van der Waals surface area contributed by atoms with Gasteiger partial charge >= 0.3 is 6.61 Å². The smallest absolute Gasteiger partial charge is 0.387 e. The summed E-state index contributed by atoms with van der Waals surface area (Å²) in [6.07, 6.45) is 2.33. The van der Waals surface area contributed by atoms with Crippen LogP contribution in [-0.2, 0) is 13.0 Å². The molecule has 114 valence electrons. The van der Waals surface area contributed by atoms with Crippen molar-refractivity contribution in [3.63, 3.8) is 0 Å². The molecule has 2 aromatic rings. The zero-order valence-electron chi connectivity index (χ0n) is 11.5. The highest BCUT2D eigenvalue weighted by Gasteiger charge is 2.12. The van der Waals surface area contributed by atoms with Gasteiger partial charge in [-0.1, -0.05) is 11.6 Å². The molecular formula is C15H16ClF2NO2. The third kappa shape index (κ3) is 5.02. The van der Waals surface area contributed by atoms with Crippen LogP contribution in [0.25, 0.3) is 0 Å². The third-order valence-corrected chi connectivity index (χ3v) is 3.20. The summed E-state index contributed by atoms with van der Waals surface area (Å²) in [5, 5.41) is 3.71. The van der Waals surface area contributed by atoms with Gasteiger partial charge in [0.25, 0.3) is 0 Å². The van der Waals surface area contributed by atoms with Crippen molar-refractivity contribution in [2.45, 2.75) is 32.5 Å². The van der Waals surface area contributed by atoms with Crippen molar-refractivity contribution in [2.75, 3.05) is 0 Å². The average molecular weight is 316 g/mol. The Bertz CT molecular complexity index is 561. The molecule has 1 atom stereocenters. The van der Waals surface area contributed by atoms with E-state index in [2.05, 4.69) is 10.1 Å². The van der Waals surface area contributed by atoms with Crippen LogP contribution in [0.1, 0.15) is 18.2 Å². The van der Waals surface area contributed by atoms with Gasteiger partial charge in [0.1, 0.15) is 11.5 Å². The van der Waals surface area contributed by atoms with Gasteiger partial charge in [0.2, 0.25) is 0 Å². The second kappa shape index (κ2) is 7.43.